The highest BCUT2D eigenvalue weighted by Crippen LogP contribution is 2.24. The summed E-state index contributed by atoms with van der Waals surface area (Å²) in [5.41, 5.74) is 1.04. The van der Waals surface area contributed by atoms with E-state index in [1.807, 2.05) is 38.2 Å². The average Bonchev–Trinajstić information content (AvgIpc) is 2.49. The molecule has 0 aliphatic rings. The van der Waals surface area contributed by atoms with E-state index in [9.17, 15) is 4.79 Å². The average molecular weight is 280 g/mol. The largest absolute Gasteiger partial charge is 0.483 e. The Morgan fingerprint density at radius 2 is 2.10 bits per heavy atom. The lowest BCUT2D eigenvalue weighted by atomic mass is 10.1. The van der Waals surface area contributed by atoms with Crippen LogP contribution in [0.3, 0.4) is 0 Å². The van der Waals surface area contributed by atoms with Crippen molar-refractivity contribution >= 4 is 5.91 Å². The molecule has 1 unspecified atom stereocenters. The number of amides is 1. The summed E-state index contributed by atoms with van der Waals surface area (Å²) in [5, 5.41) is 5.95. The first kappa shape index (κ1) is 16.5. The zero-order valence-corrected chi connectivity index (χ0v) is 12.4. The monoisotopic (exact) mass is 280 g/mol. The van der Waals surface area contributed by atoms with Gasteiger partial charge in [-0.25, -0.2) is 0 Å². The molecule has 0 fully saturated rings. The summed E-state index contributed by atoms with van der Waals surface area (Å²) in [6.45, 7) is 3.32. The number of hydrogen-bond acceptors (Lipinski definition) is 4. The minimum Gasteiger partial charge on any atom is -0.483 e. The second-order valence-corrected chi connectivity index (χ2v) is 4.53. The predicted octanol–water partition coefficient (Wildman–Crippen LogP) is 1.50. The summed E-state index contributed by atoms with van der Waals surface area (Å²) in [6, 6.07) is 7.91. The molecule has 0 aliphatic heterocycles. The Hall–Kier alpha value is -1.59. The van der Waals surface area contributed by atoms with E-state index >= 15 is 0 Å². The van der Waals surface area contributed by atoms with Crippen molar-refractivity contribution in [2.24, 2.45) is 0 Å². The van der Waals surface area contributed by atoms with Crippen LogP contribution < -0.4 is 15.4 Å². The third-order valence-electron chi connectivity index (χ3n) is 3.02. The quantitative estimate of drug-likeness (QED) is 0.673. The Labute approximate surface area is 120 Å². The molecule has 0 saturated heterocycles. The van der Waals surface area contributed by atoms with Crippen LogP contribution in [-0.4, -0.2) is 39.8 Å². The SMILES string of the molecule is CNC(C)c1ccccc1OCC(=O)NCCCOC. The van der Waals surface area contributed by atoms with Crippen LogP contribution in [0.1, 0.15) is 24.9 Å². The van der Waals surface area contributed by atoms with Gasteiger partial charge in [0, 0.05) is 31.9 Å². The molecule has 0 radical (unpaired) electrons. The van der Waals surface area contributed by atoms with Gasteiger partial charge in [0.15, 0.2) is 6.61 Å². The molecule has 0 aromatic heterocycles. The first-order valence-corrected chi connectivity index (χ1v) is 6.83. The van der Waals surface area contributed by atoms with Gasteiger partial charge in [0.25, 0.3) is 5.91 Å². The molecule has 0 bridgehead atoms. The van der Waals surface area contributed by atoms with Gasteiger partial charge in [-0.05, 0) is 26.5 Å². The smallest absolute Gasteiger partial charge is 0.257 e. The van der Waals surface area contributed by atoms with Gasteiger partial charge >= 0.3 is 0 Å². The zero-order valence-electron chi connectivity index (χ0n) is 12.4. The van der Waals surface area contributed by atoms with E-state index in [-0.39, 0.29) is 18.6 Å². The Morgan fingerprint density at radius 3 is 2.80 bits per heavy atom. The highest BCUT2D eigenvalue weighted by atomic mass is 16.5. The molecule has 20 heavy (non-hydrogen) atoms. The van der Waals surface area contributed by atoms with Gasteiger partial charge in [0.05, 0.1) is 0 Å². The van der Waals surface area contributed by atoms with Crippen molar-refractivity contribution in [2.75, 3.05) is 33.9 Å². The maximum absolute atomic E-state index is 11.6. The van der Waals surface area contributed by atoms with Crippen LogP contribution in [0.2, 0.25) is 0 Å². The molecular formula is C15H24N2O3. The Morgan fingerprint density at radius 1 is 1.35 bits per heavy atom. The minimum absolute atomic E-state index is 0.0282. The molecule has 0 heterocycles. The fraction of sp³-hybridized carbons (Fsp3) is 0.533. The molecule has 0 aliphatic carbocycles. The van der Waals surface area contributed by atoms with Gasteiger partial charge in [0.1, 0.15) is 5.75 Å². The minimum atomic E-state index is -0.118. The number of para-hydroxylation sites is 1. The van der Waals surface area contributed by atoms with Crippen LogP contribution in [0.15, 0.2) is 24.3 Å². The maximum atomic E-state index is 11.6. The normalized spacial score (nSPS) is 11.9. The molecule has 5 nitrogen and oxygen atoms in total. The Kier molecular flexibility index (Phi) is 7.69. The first-order chi connectivity index (χ1) is 9.69. The predicted molar refractivity (Wildman–Crippen MR) is 78.9 cm³/mol. The molecule has 1 rings (SSSR count). The highest BCUT2D eigenvalue weighted by molar-refractivity contribution is 5.77. The number of carbonyl (C=O) groups is 1. The highest BCUT2D eigenvalue weighted by Gasteiger charge is 2.10. The van der Waals surface area contributed by atoms with E-state index in [0.29, 0.717) is 13.2 Å². The van der Waals surface area contributed by atoms with Crippen LogP contribution in [0.5, 0.6) is 5.75 Å². The molecule has 1 aromatic carbocycles. The zero-order chi connectivity index (χ0) is 14.8. The van der Waals surface area contributed by atoms with Crippen molar-refractivity contribution in [1.82, 2.24) is 10.6 Å². The van der Waals surface area contributed by atoms with Gasteiger partial charge in [0.2, 0.25) is 0 Å². The number of nitrogens with one attached hydrogen (secondary N) is 2. The van der Waals surface area contributed by atoms with Gasteiger partial charge < -0.3 is 20.1 Å². The third kappa shape index (κ3) is 5.59. The summed E-state index contributed by atoms with van der Waals surface area (Å²) in [7, 11) is 3.54. The van der Waals surface area contributed by atoms with Gasteiger partial charge in [-0.2, -0.15) is 0 Å². The molecule has 1 aromatic rings. The second-order valence-electron chi connectivity index (χ2n) is 4.53. The molecule has 2 N–H and O–H groups in total. The van der Waals surface area contributed by atoms with Crippen molar-refractivity contribution in [3.8, 4) is 5.75 Å². The van der Waals surface area contributed by atoms with Crippen LogP contribution in [0.4, 0.5) is 0 Å². The van der Waals surface area contributed by atoms with E-state index in [1.54, 1.807) is 7.11 Å². The number of rotatable bonds is 9. The summed E-state index contributed by atoms with van der Waals surface area (Å²) in [5.74, 6) is 0.620. The van der Waals surface area contributed by atoms with Crippen molar-refractivity contribution in [3.05, 3.63) is 29.8 Å². The van der Waals surface area contributed by atoms with E-state index < -0.39 is 0 Å². The fourth-order valence-corrected chi connectivity index (χ4v) is 1.76. The van der Waals surface area contributed by atoms with Gasteiger partial charge in [-0.1, -0.05) is 18.2 Å². The van der Waals surface area contributed by atoms with Gasteiger partial charge in [-0.3, -0.25) is 4.79 Å². The number of ether oxygens (including phenoxy) is 2. The topological polar surface area (TPSA) is 59.6 Å². The standard InChI is InChI=1S/C15H24N2O3/c1-12(16-2)13-7-4-5-8-14(13)20-11-15(18)17-9-6-10-19-3/h4-5,7-8,12,16H,6,9-11H2,1-3H3,(H,17,18). The lowest BCUT2D eigenvalue weighted by Gasteiger charge is -2.16. The number of benzene rings is 1. The molecule has 5 heteroatoms. The molecule has 0 saturated carbocycles. The van der Waals surface area contributed by atoms with Gasteiger partial charge in [-0.15, -0.1) is 0 Å². The van der Waals surface area contributed by atoms with Crippen molar-refractivity contribution < 1.29 is 14.3 Å². The molecule has 0 spiro atoms. The molecule has 1 amide bonds. The first-order valence-electron chi connectivity index (χ1n) is 6.83. The van der Waals surface area contributed by atoms with E-state index in [2.05, 4.69) is 10.6 Å². The molecule has 112 valence electrons. The summed E-state index contributed by atoms with van der Waals surface area (Å²) in [6.07, 6.45) is 0.801. The van der Waals surface area contributed by atoms with E-state index in [1.165, 1.54) is 0 Å². The van der Waals surface area contributed by atoms with Crippen LogP contribution in [0, 0.1) is 0 Å². The second kappa shape index (κ2) is 9.34. The summed E-state index contributed by atoms with van der Waals surface area (Å²) in [4.78, 5) is 11.6. The van der Waals surface area contributed by atoms with Crippen LogP contribution in [-0.2, 0) is 9.53 Å². The Bertz CT molecular complexity index is 410. The van der Waals surface area contributed by atoms with Crippen LogP contribution >= 0.6 is 0 Å². The van der Waals surface area contributed by atoms with Crippen molar-refractivity contribution in [3.63, 3.8) is 0 Å². The van der Waals surface area contributed by atoms with E-state index in [0.717, 1.165) is 17.7 Å². The summed E-state index contributed by atoms with van der Waals surface area (Å²) >= 11 is 0. The number of hydrogen-bond donors (Lipinski definition) is 2. The van der Waals surface area contributed by atoms with Crippen molar-refractivity contribution in [1.29, 1.82) is 0 Å². The third-order valence-corrected chi connectivity index (χ3v) is 3.02. The lowest BCUT2D eigenvalue weighted by molar-refractivity contribution is -0.123. The van der Waals surface area contributed by atoms with Crippen LogP contribution in [0.25, 0.3) is 0 Å². The lowest BCUT2D eigenvalue weighted by Crippen LogP contribution is -2.30. The Balaban J connectivity index is 2.43. The number of methoxy groups -OCH3 is 1. The molecule has 1 atom stereocenters. The van der Waals surface area contributed by atoms with E-state index in [4.69, 9.17) is 9.47 Å². The fourth-order valence-electron chi connectivity index (χ4n) is 1.76. The maximum Gasteiger partial charge on any atom is 0.257 e. The summed E-state index contributed by atoms with van der Waals surface area (Å²) < 4.78 is 10.5. The number of carbonyl (C=O) groups excluding carboxylic acids is 1. The van der Waals surface area contributed by atoms with Crippen molar-refractivity contribution in [2.45, 2.75) is 19.4 Å². The molecular weight excluding hydrogens is 256 g/mol.